The van der Waals surface area contributed by atoms with Crippen LogP contribution in [0.25, 0.3) is 0 Å². The Bertz CT molecular complexity index is 338. The fraction of sp³-hybridized carbons (Fsp3) is 0.857. The van der Waals surface area contributed by atoms with E-state index in [0.717, 1.165) is 32.4 Å². The van der Waals surface area contributed by atoms with Crippen molar-refractivity contribution in [2.24, 2.45) is 0 Å². The molecule has 2 aliphatic heterocycles. The van der Waals surface area contributed by atoms with Crippen LogP contribution in [-0.4, -0.2) is 58.5 Å². The number of carboxylic acid groups (broad SMARTS) is 1. The minimum atomic E-state index is -0.867. The molecule has 5 heteroatoms. The Morgan fingerprint density at radius 1 is 1.05 bits per heavy atom. The van der Waals surface area contributed by atoms with Crippen LogP contribution in [0.2, 0.25) is 0 Å². The van der Waals surface area contributed by atoms with Crippen molar-refractivity contribution in [1.29, 1.82) is 0 Å². The van der Waals surface area contributed by atoms with E-state index in [2.05, 4.69) is 4.90 Å². The van der Waals surface area contributed by atoms with Crippen LogP contribution in [0, 0.1) is 0 Å². The summed E-state index contributed by atoms with van der Waals surface area (Å²) in [5.41, 5.74) is 0. The Kier molecular flexibility index (Phi) is 4.80. The molecule has 1 N–H and O–H groups in total. The highest BCUT2D eigenvalue weighted by atomic mass is 16.4. The fourth-order valence-corrected chi connectivity index (χ4v) is 3.17. The first-order chi connectivity index (χ1) is 9.11. The fourth-order valence-electron chi connectivity index (χ4n) is 3.17. The van der Waals surface area contributed by atoms with E-state index in [1.165, 1.54) is 12.8 Å². The van der Waals surface area contributed by atoms with E-state index in [1.54, 1.807) is 4.90 Å². The van der Waals surface area contributed by atoms with E-state index < -0.39 is 12.0 Å². The minimum absolute atomic E-state index is 0.00759. The van der Waals surface area contributed by atoms with Crippen molar-refractivity contribution >= 4 is 11.9 Å². The largest absolute Gasteiger partial charge is 0.480 e. The molecule has 2 saturated heterocycles. The molecule has 0 spiro atoms. The van der Waals surface area contributed by atoms with Gasteiger partial charge in [0.15, 0.2) is 0 Å². The molecule has 108 valence electrons. The molecular formula is C14H24N2O3. The van der Waals surface area contributed by atoms with Crippen molar-refractivity contribution < 1.29 is 14.7 Å². The third kappa shape index (κ3) is 3.26. The lowest BCUT2D eigenvalue weighted by molar-refractivity contribution is -0.150. The van der Waals surface area contributed by atoms with Crippen LogP contribution in [0.15, 0.2) is 0 Å². The number of rotatable bonds is 3. The third-order valence-electron chi connectivity index (χ3n) is 4.37. The maximum atomic E-state index is 12.5. The Labute approximate surface area is 114 Å². The van der Waals surface area contributed by atoms with Gasteiger partial charge in [-0.3, -0.25) is 9.69 Å². The second kappa shape index (κ2) is 6.37. The maximum absolute atomic E-state index is 12.5. The van der Waals surface area contributed by atoms with Crippen molar-refractivity contribution in [1.82, 2.24) is 9.80 Å². The molecule has 0 unspecified atom stereocenters. The molecule has 0 radical (unpaired) electrons. The van der Waals surface area contributed by atoms with Crippen molar-refractivity contribution in [2.75, 3.05) is 19.6 Å². The highest BCUT2D eigenvalue weighted by molar-refractivity contribution is 5.87. The van der Waals surface area contributed by atoms with Gasteiger partial charge in [-0.05, 0) is 45.7 Å². The topological polar surface area (TPSA) is 60.9 Å². The highest BCUT2D eigenvalue weighted by Gasteiger charge is 2.37. The van der Waals surface area contributed by atoms with Crippen molar-refractivity contribution in [3.8, 4) is 0 Å². The molecule has 2 fully saturated rings. The van der Waals surface area contributed by atoms with Gasteiger partial charge in [0.2, 0.25) is 5.91 Å². The van der Waals surface area contributed by atoms with Gasteiger partial charge in [0.25, 0.3) is 0 Å². The van der Waals surface area contributed by atoms with Gasteiger partial charge in [-0.1, -0.05) is 12.8 Å². The molecule has 0 aromatic carbocycles. The third-order valence-corrected chi connectivity index (χ3v) is 4.37. The summed E-state index contributed by atoms with van der Waals surface area (Å²) in [7, 11) is 0. The predicted octanol–water partition coefficient (Wildman–Crippen LogP) is 1.33. The molecule has 0 saturated carbocycles. The van der Waals surface area contributed by atoms with Crippen molar-refractivity contribution in [3.05, 3.63) is 0 Å². The molecule has 19 heavy (non-hydrogen) atoms. The van der Waals surface area contributed by atoms with E-state index in [4.69, 9.17) is 5.11 Å². The van der Waals surface area contributed by atoms with Crippen LogP contribution in [0.3, 0.4) is 0 Å². The lowest BCUT2D eigenvalue weighted by atomic mass is 10.2. The monoisotopic (exact) mass is 268 g/mol. The Balaban J connectivity index is 1.99. The van der Waals surface area contributed by atoms with E-state index >= 15 is 0 Å². The summed E-state index contributed by atoms with van der Waals surface area (Å²) in [6.07, 6.45) is 6.14. The number of amides is 1. The van der Waals surface area contributed by atoms with Gasteiger partial charge in [-0.25, -0.2) is 4.79 Å². The number of carbonyl (C=O) groups is 2. The molecule has 0 aliphatic carbocycles. The number of aliphatic carboxylic acids is 1. The zero-order valence-electron chi connectivity index (χ0n) is 11.7. The minimum Gasteiger partial charge on any atom is -0.480 e. The van der Waals surface area contributed by atoms with E-state index in [-0.39, 0.29) is 11.9 Å². The second-order valence-corrected chi connectivity index (χ2v) is 5.65. The number of nitrogens with zero attached hydrogens (tertiary/aromatic N) is 2. The summed E-state index contributed by atoms with van der Waals surface area (Å²) >= 11 is 0. The number of hydrogen-bond acceptors (Lipinski definition) is 3. The molecule has 2 aliphatic rings. The predicted molar refractivity (Wildman–Crippen MR) is 71.9 cm³/mol. The van der Waals surface area contributed by atoms with Crippen LogP contribution >= 0.6 is 0 Å². The van der Waals surface area contributed by atoms with Gasteiger partial charge in [-0.15, -0.1) is 0 Å². The second-order valence-electron chi connectivity index (χ2n) is 5.65. The van der Waals surface area contributed by atoms with Crippen LogP contribution in [-0.2, 0) is 9.59 Å². The number of hydrogen-bond donors (Lipinski definition) is 1. The summed E-state index contributed by atoms with van der Waals surface area (Å²) < 4.78 is 0. The molecule has 0 aromatic rings. The first-order valence-electron chi connectivity index (χ1n) is 7.38. The number of carboxylic acids is 1. The van der Waals surface area contributed by atoms with Crippen molar-refractivity contribution in [3.63, 3.8) is 0 Å². The lowest BCUT2D eigenvalue weighted by Crippen LogP contribution is -2.50. The summed E-state index contributed by atoms with van der Waals surface area (Å²) in [6, 6.07) is -0.792. The molecule has 2 atom stereocenters. The Hall–Kier alpha value is -1.10. The standard InChI is InChI=1S/C14H24N2O3/c1-11(15-8-4-2-3-5-9-15)13(17)16-10-6-7-12(16)14(18)19/h11-12H,2-10H2,1H3,(H,18,19)/t11-,12+/m0/s1. The van der Waals surface area contributed by atoms with Gasteiger partial charge in [0.05, 0.1) is 6.04 Å². The smallest absolute Gasteiger partial charge is 0.326 e. The molecular weight excluding hydrogens is 244 g/mol. The molecule has 1 amide bonds. The Morgan fingerprint density at radius 2 is 1.68 bits per heavy atom. The maximum Gasteiger partial charge on any atom is 0.326 e. The van der Waals surface area contributed by atoms with Gasteiger partial charge in [0, 0.05) is 6.54 Å². The van der Waals surface area contributed by atoms with Crippen LogP contribution in [0.1, 0.15) is 45.4 Å². The van der Waals surface area contributed by atoms with Crippen LogP contribution < -0.4 is 0 Å². The average Bonchev–Trinajstić information content (AvgIpc) is 2.73. The van der Waals surface area contributed by atoms with Crippen LogP contribution in [0.4, 0.5) is 0 Å². The zero-order chi connectivity index (χ0) is 13.8. The Morgan fingerprint density at radius 3 is 2.26 bits per heavy atom. The summed E-state index contributed by atoms with van der Waals surface area (Å²) in [6.45, 7) is 4.43. The average molecular weight is 268 g/mol. The summed E-state index contributed by atoms with van der Waals surface area (Å²) in [4.78, 5) is 27.4. The van der Waals surface area contributed by atoms with Crippen LogP contribution in [0.5, 0.6) is 0 Å². The van der Waals surface area contributed by atoms with Gasteiger partial charge >= 0.3 is 5.97 Å². The molecule has 2 rings (SSSR count). The van der Waals surface area contributed by atoms with E-state index in [0.29, 0.717) is 13.0 Å². The molecule has 0 aromatic heterocycles. The zero-order valence-corrected chi connectivity index (χ0v) is 11.7. The molecule has 0 bridgehead atoms. The summed E-state index contributed by atoms with van der Waals surface area (Å²) in [5, 5.41) is 9.16. The van der Waals surface area contributed by atoms with Crippen molar-refractivity contribution in [2.45, 2.75) is 57.5 Å². The molecule has 5 nitrogen and oxygen atoms in total. The first-order valence-corrected chi connectivity index (χ1v) is 7.38. The first kappa shape index (κ1) is 14.3. The van der Waals surface area contributed by atoms with Gasteiger partial charge in [0.1, 0.15) is 6.04 Å². The molecule has 2 heterocycles. The highest BCUT2D eigenvalue weighted by Crippen LogP contribution is 2.21. The number of carbonyl (C=O) groups excluding carboxylic acids is 1. The normalized spacial score (nSPS) is 27.0. The SMILES string of the molecule is C[C@@H](C(=O)N1CCC[C@@H]1C(=O)O)N1CCCCCC1. The lowest BCUT2D eigenvalue weighted by Gasteiger charge is -2.31. The van der Waals surface area contributed by atoms with Gasteiger partial charge in [-0.2, -0.15) is 0 Å². The summed E-state index contributed by atoms with van der Waals surface area (Å²) in [5.74, 6) is -0.874. The van der Waals surface area contributed by atoms with E-state index in [1.807, 2.05) is 6.92 Å². The van der Waals surface area contributed by atoms with Gasteiger partial charge < -0.3 is 10.0 Å². The quantitative estimate of drug-likeness (QED) is 0.839. The number of likely N-dealkylation sites (tertiary alicyclic amines) is 2. The van der Waals surface area contributed by atoms with E-state index in [9.17, 15) is 9.59 Å².